The molecule has 1 heteroatoms. The lowest BCUT2D eigenvalue weighted by Gasteiger charge is -2.03. The first-order chi connectivity index (χ1) is 6.22. The predicted octanol–water partition coefficient (Wildman–Crippen LogP) is 4.25. The monoisotopic (exact) mass is 183 g/mol. The van der Waals surface area contributed by atoms with E-state index >= 15 is 0 Å². The summed E-state index contributed by atoms with van der Waals surface area (Å²) in [5.74, 6) is 0. The van der Waals surface area contributed by atoms with Crippen molar-refractivity contribution in [1.29, 1.82) is 0 Å². The minimum Gasteiger partial charge on any atom is -0.362 e. The summed E-state index contributed by atoms with van der Waals surface area (Å²) in [5.41, 5.74) is 2.06. The summed E-state index contributed by atoms with van der Waals surface area (Å²) in [6, 6.07) is 0. The van der Waals surface area contributed by atoms with Gasteiger partial charge in [0.15, 0.2) is 0 Å². The molecule has 0 aromatic rings. The van der Waals surface area contributed by atoms with E-state index in [9.17, 15) is 0 Å². The molecule has 0 aromatic carbocycles. The lowest BCUT2D eigenvalue weighted by Crippen LogP contribution is -2.03. The summed E-state index contributed by atoms with van der Waals surface area (Å²) < 4.78 is 0. The first kappa shape index (κ1) is 17.9. The molecule has 0 aromatic heterocycles. The Hall–Kier alpha value is -0.980. The van der Waals surface area contributed by atoms with E-state index in [2.05, 4.69) is 18.5 Å². The largest absolute Gasteiger partial charge is 0.362 e. The van der Waals surface area contributed by atoms with Gasteiger partial charge in [0, 0.05) is 5.70 Å². The van der Waals surface area contributed by atoms with Crippen LogP contribution >= 0.6 is 0 Å². The molecule has 0 spiro atoms. The van der Waals surface area contributed by atoms with Crippen LogP contribution in [0.2, 0.25) is 0 Å². The highest BCUT2D eigenvalue weighted by atomic mass is 14.8. The van der Waals surface area contributed by atoms with Gasteiger partial charge in [-0.25, -0.2) is 0 Å². The Kier molecular flexibility index (Phi) is 23.7. The normalized spacial score (nSPS) is 8.31. The van der Waals surface area contributed by atoms with Crippen molar-refractivity contribution in [2.45, 2.75) is 41.5 Å². The zero-order valence-electron chi connectivity index (χ0n) is 10.1. The molecule has 0 saturated heterocycles. The average Bonchev–Trinajstić information content (AvgIpc) is 2.20. The Morgan fingerprint density at radius 1 is 1.15 bits per heavy atom. The van der Waals surface area contributed by atoms with Gasteiger partial charge in [0.25, 0.3) is 0 Å². The van der Waals surface area contributed by atoms with E-state index in [0.29, 0.717) is 0 Å². The number of allylic oxidation sites excluding steroid dienone is 2. The Morgan fingerprint density at radius 3 is 1.62 bits per heavy atom. The van der Waals surface area contributed by atoms with E-state index in [1.165, 1.54) is 0 Å². The van der Waals surface area contributed by atoms with Crippen molar-refractivity contribution in [2.24, 2.45) is 0 Å². The molecule has 1 N–H and O–H groups in total. The Morgan fingerprint density at radius 2 is 1.54 bits per heavy atom. The second-order valence-corrected chi connectivity index (χ2v) is 1.83. The molecule has 0 amide bonds. The van der Waals surface area contributed by atoms with Gasteiger partial charge in [0.1, 0.15) is 0 Å². The number of nitrogens with one attached hydrogen (secondary N) is 1. The molecule has 0 heterocycles. The number of hydrogen-bond acceptors (Lipinski definition) is 1. The van der Waals surface area contributed by atoms with Crippen LogP contribution in [-0.4, -0.2) is 0 Å². The zero-order valence-corrected chi connectivity index (χ0v) is 10.1. The first-order valence-electron chi connectivity index (χ1n) is 4.92. The van der Waals surface area contributed by atoms with Gasteiger partial charge < -0.3 is 5.32 Å². The van der Waals surface area contributed by atoms with Gasteiger partial charge in [-0.1, -0.05) is 46.9 Å². The summed E-state index contributed by atoms with van der Waals surface area (Å²) in [5, 5.41) is 2.96. The molecule has 78 valence electrons. The highest BCUT2D eigenvalue weighted by Crippen LogP contribution is 2.00. The lowest BCUT2D eigenvalue weighted by atomic mass is 10.2. The van der Waals surface area contributed by atoms with Crippen LogP contribution in [0, 0.1) is 0 Å². The molecule has 0 aliphatic rings. The fraction of sp³-hybridized carbons (Fsp3) is 0.500. The standard InChI is InChI=1S/C8H13N.2C2H6/c1-5-8(7(3)4)9-6-2;2*1-2/h5-6,9H,2-3H2,1,4H3;2*1-2H3/b8-5+;;. The second kappa shape index (κ2) is 17.2. The number of rotatable bonds is 3. The molecule has 0 rings (SSSR count). The van der Waals surface area contributed by atoms with Crippen LogP contribution in [-0.2, 0) is 0 Å². The predicted molar refractivity (Wildman–Crippen MR) is 64.6 cm³/mol. The van der Waals surface area contributed by atoms with Crippen molar-refractivity contribution in [3.63, 3.8) is 0 Å². The molecule has 0 unspecified atom stereocenters. The smallest absolute Gasteiger partial charge is 0.0359 e. The molecule has 0 atom stereocenters. The van der Waals surface area contributed by atoms with E-state index in [1.807, 2.05) is 47.6 Å². The highest BCUT2D eigenvalue weighted by molar-refractivity contribution is 5.24. The van der Waals surface area contributed by atoms with E-state index in [-0.39, 0.29) is 0 Å². The van der Waals surface area contributed by atoms with Gasteiger partial charge in [0.2, 0.25) is 0 Å². The molecule has 0 radical (unpaired) electrons. The Balaban J connectivity index is -0.000000218. The van der Waals surface area contributed by atoms with Crippen molar-refractivity contribution < 1.29 is 0 Å². The van der Waals surface area contributed by atoms with Crippen molar-refractivity contribution >= 4 is 0 Å². The van der Waals surface area contributed by atoms with Crippen molar-refractivity contribution in [1.82, 2.24) is 5.32 Å². The molecule has 13 heavy (non-hydrogen) atoms. The first-order valence-corrected chi connectivity index (χ1v) is 4.92. The van der Waals surface area contributed by atoms with Crippen LogP contribution in [0.25, 0.3) is 0 Å². The van der Waals surface area contributed by atoms with Crippen molar-refractivity contribution in [3.05, 3.63) is 36.7 Å². The summed E-state index contributed by atoms with van der Waals surface area (Å²) >= 11 is 0. The Bertz CT molecular complexity index is 143. The maximum absolute atomic E-state index is 3.77. The topological polar surface area (TPSA) is 12.0 Å². The van der Waals surface area contributed by atoms with Gasteiger partial charge in [-0.2, -0.15) is 0 Å². The third kappa shape index (κ3) is 13.9. The zero-order chi connectivity index (χ0) is 11.3. The molecule has 0 fully saturated rings. The van der Waals surface area contributed by atoms with Crippen LogP contribution in [0.4, 0.5) is 0 Å². The molecular weight excluding hydrogens is 158 g/mol. The number of hydrogen-bond donors (Lipinski definition) is 1. The maximum atomic E-state index is 3.77. The van der Waals surface area contributed by atoms with Crippen LogP contribution in [0.5, 0.6) is 0 Å². The lowest BCUT2D eigenvalue weighted by molar-refractivity contribution is 1.07. The van der Waals surface area contributed by atoms with Gasteiger partial charge >= 0.3 is 0 Å². The minimum absolute atomic E-state index is 1.03. The fourth-order valence-electron chi connectivity index (χ4n) is 0.563. The molecule has 1 nitrogen and oxygen atoms in total. The SMILES string of the molecule is C=CN/C(=C/C)C(=C)C.CC.CC. The molecule has 0 saturated carbocycles. The molecular formula is C12H25N. The van der Waals surface area contributed by atoms with Gasteiger partial charge in [-0.05, 0) is 25.6 Å². The molecule has 0 bridgehead atoms. The van der Waals surface area contributed by atoms with Crippen molar-refractivity contribution in [3.8, 4) is 0 Å². The van der Waals surface area contributed by atoms with Crippen molar-refractivity contribution in [2.75, 3.05) is 0 Å². The molecule has 0 aliphatic carbocycles. The van der Waals surface area contributed by atoms with E-state index in [4.69, 9.17) is 0 Å². The van der Waals surface area contributed by atoms with Crippen LogP contribution < -0.4 is 5.32 Å². The summed E-state index contributed by atoms with van der Waals surface area (Å²) in [6.45, 7) is 19.2. The van der Waals surface area contributed by atoms with Gasteiger partial charge in [-0.3, -0.25) is 0 Å². The summed E-state index contributed by atoms with van der Waals surface area (Å²) in [7, 11) is 0. The Labute approximate surface area is 84.2 Å². The molecule has 0 aliphatic heterocycles. The second-order valence-electron chi connectivity index (χ2n) is 1.83. The van der Waals surface area contributed by atoms with Crippen LogP contribution in [0.3, 0.4) is 0 Å². The van der Waals surface area contributed by atoms with Gasteiger partial charge in [0.05, 0.1) is 0 Å². The van der Waals surface area contributed by atoms with E-state index in [1.54, 1.807) is 6.20 Å². The van der Waals surface area contributed by atoms with E-state index in [0.717, 1.165) is 11.3 Å². The summed E-state index contributed by atoms with van der Waals surface area (Å²) in [4.78, 5) is 0. The van der Waals surface area contributed by atoms with Crippen LogP contribution in [0.15, 0.2) is 36.7 Å². The van der Waals surface area contributed by atoms with E-state index < -0.39 is 0 Å². The highest BCUT2D eigenvalue weighted by Gasteiger charge is 1.88. The van der Waals surface area contributed by atoms with Gasteiger partial charge in [-0.15, -0.1) is 0 Å². The average molecular weight is 183 g/mol. The quantitative estimate of drug-likeness (QED) is 0.645. The summed E-state index contributed by atoms with van der Waals surface area (Å²) in [6.07, 6.45) is 3.61. The fourth-order valence-corrected chi connectivity index (χ4v) is 0.563. The third-order valence-corrected chi connectivity index (χ3v) is 1.01. The third-order valence-electron chi connectivity index (χ3n) is 1.01. The maximum Gasteiger partial charge on any atom is 0.0359 e. The minimum atomic E-state index is 1.03. The van der Waals surface area contributed by atoms with Crippen LogP contribution in [0.1, 0.15) is 41.5 Å².